The molecule has 1 aromatic carbocycles. The van der Waals surface area contributed by atoms with Crippen LogP contribution in [0, 0.1) is 6.92 Å². The number of benzene rings is 1. The van der Waals surface area contributed by atoms with Gasteiger partial charge in [-0.3, -0.25) is 4.98 Å². The molecule has 108 valence electrons. The number of nitrogens with zero attached hydrogens (tertiary/aromatic N) is 2. The zero-order valence-electron chi connectivity index (χ0n) is 12.3. The zero-order valence-corrected chi connectivity index (χ0v) is 13.2. The van der Waals surface area contributed by atoms with E-state index in [1.807, 2.05) is 41.8 Å². The fourth-order valence-corrected chi connectivity index (χ4v) is 3.35. The summed E-state index contributed by atoms with van der Waals surface area (Å²) in [5.41, 5.74) is 2.89. The molecule has 1 atom stereocenters. The molecule has 1 unspecified atom stereocenters. The molecule has 0 spiro atoms. The van der Waals surface area contributed by atoms with Crippen LogP contribution in [0.2, 0.25) is 0 Å². The van der Waals surface area contributed by atoms with E-state index < -0.39 is 0 Å². The van der Waals surface area contributed by atoms with Crippen LogP contribution in [0.15, 0.2) is 42.6 Å². The van der Waals surface area contributed by atoms with Gasteiger partial charge in [0.2, 0.25) is 0 Å². The molecule has 3 aromatic rings. The quantitative estimate of drug-likeness (QED) is 0.780. The largest absolute Gasteiger partial charge is 0.308 e. The predicted molar refractivity (Wildman–Crippen MR) is 88.6 cm³/mol. The third-order valence-corrected chi connectivity index (χ3v) is 4.46. The summed E-state index contributed by atoms with van der Waals surface area (Å²) in [6.07, 6.45) is 2.91. The van der Waals surface area contributed by atoms with Gasteiger partial charge >= 0.3 is 0 Å². The molecule has 2 heterocycles. The standard InChI is InChI=1S/C17H19N3S/c1-12(9-15-8-7-13(2)21-15)18-10-14-11-19-16-5-3-4-6-17(16)20-14/h3-8,11-12,18H,9-10H2,1-2H3. The highest BCUT2D eigenvalue weighted by molar-refractivity contribution is 7.11. The maximum absolute atomic E-state index is 4.64. The second kappa shape index (κ2) is 6.33. The van der Waals surface area contributed by atoms with Crippen molar-refractivity contribution < 1.29 is 0 Å². The van der Waals surface area contributed by atoms with Crippen LogP contribution in [0.5, 0.6) is 0 Å². The number of rotatable bonds is 5. The van der Waals surface area contributed by atoms with E-state index >= 15 is 0 Å². The summed E-state index contributed by atoms with van der Waals surface area (Å²) in [7, 11) is 0. The average molecular weight is 297 g/mol. The van der Waals surface area contributed by atoms with Crippen LogP contribution in [0.1, 0.15) is 22.4 Å². The average Bonchev–Trinajstić information content (AvgIpc) is 2.90. The van der Waals surface area contributed by atoms with Gasteiger partial charge in [-0.25, -0.2) is 4.98 Å². The number of hydrogen-bond acceptors (Lipinski definition) is 4. The van der Waals surface area contributed by atoms with Crippen LogP contribution in [0.25, 0.3) is 11.0 Å². The molecule has 0 saturated heterocycles. The number of para-hydroxylation sites is 2. The minimum absolute atomic E-state index is 0.427. The van der Waals surface area contributed by atoms with Gasteiger partial charge in [0, 0.05) is 22.3 Å². The lowest BCUT2D eigenvalue weighted by atomic mass is 10.2. The van der Waals surface area contributed by atoms with Crippen molar-refractivity contribution in [2.24, 2.45) is 0 Å². The third kappa shape index (κ3) is 3.65. The van der Waals surface area contributed by atoms with Gasteiger partial charge < -0.3 is 5.32 Å². The van der Waals surface area contributed by atoms with Gasteiger partial charge in [-0.1, -0.05) is 12.1 Å². The Kier molecular flexibility index (Phi) is 4.27. The van der Waals surface area contributed by atoms with Crippen molar-refractivity contribution in [2.45, 2.75) is 32.9 Å². The van der Waals surface area contributed by atoms with Crippen LogP contribution < -0.4 is 5.32 Å². The Bertz CT molecular complexity index is 735. The predicted octanol–water partition coefficient (Wildman–Crippen LogP) is 3.72. The molecule has 0 saturated carbocycles. The molecule has 3 rings (SSSR count). The molecule has 21 heavy (non-hydrogen) atoms. The van der Waals surface area contributed by atoms with Crippen LogP contribution in [-0.2, 0) is 13.0 Å². The molecule has 0 bridgehead atoms. The van der Waals surface area contributed by atoms with Gasteiger partial charge in [0.1, 0.15) is 0 Å². The zero-order chi connectivity index (χ0) is 14.7. The van der Waals surface area contributed by atoms with Crippen LogP contribution in [0.4, 0.5) is 0 Å². The summed E-state index contributed by atoms with van der Waals surface area (Å²) in [5.74, 6) is 0. The molecule has 2 aromatic heterocycles. The number of aromatic nitrogens is 2. The van der Waals surface area contributed by atoms with Crippen molar-refractivity contribution in [3.63, 3.8) is 0 Å². The maximum Gasteiger partial charge on any atom is 0.0890 e. The molecule has 0 aliphatic heterocycles. The first-order valence-electron chi connectivity index (χ1n) is 7.20. The van der Waals surface area contributed by atoms with Gasteiger partial charge in [0.25, 0.3) is 0 Å². The van der Waals surface area contributed by atoms with Gasteiger partial charge in [-0.15, -0.1) is 11.3 Å². The van der Waals surface area contributed by atoms with Crippen LogP contribution in [-0.4, -0.2) is 16.0 Å². The fraction of sp³-hybridized carbons (Fsp3) is 0.294. The van der Waals surface area contributed by atoms with Crippen molar-refractivity contribution in [1.29, 1.82) is 0 Å². The first kappa shape index (κ1) is 14.2. The van der Waals surface area contributed by atoms with Crippen LogP contribution >= 0.6 is 11.3 Å². The van der Waals surface area contributed by atoms with Crippen molar-refractivity contribution in [3.05, 3.63) is 58.0 Å². The highest BCUT2D eigenvalue weighted by Crippen LogP contribution is 2.16. The SMILES string of the molecule is Cc1ccc(CC(C)NCc2cnc3ccccc3n2)s1. The molecule has 0 radical (unpaired) electrons. The molecule has 0 aliphatic rings. The summed E-state index contributed by atoms with van der Waals surface area (Å²) in [4.78, 5) is 11.9. The molecular formula is C17H19N3S. The topological polar surface area (TPSA) is 37.8 Å². The lowest BCUT2D eigenvalue weighted by Gasteiger charge is -2.12. The molecule has 0 fully saturated rings. The van der Waals surface area contributed by atoms with E-state index in [2.05, 4.69) is 41.3 Å². The summed E-state index contributed by atoms with van der Waals surface area (Å²) in [5, 5.41) is 3.53. The lowest BCUT2D eigenvalue weighted by molar-refractivity contribution is 0.543. The minimum Gasteiger partial charge on any atom is -0.308 e. The van der Waals surface area contributed by atoms with E-state index in [0.717, 1.165) is 29.7 Å². The molecular weight excluding hydrogens is 278 g/mol. The van der Waals surface area contributed by atoms with Crippen molar-refractivity contribution >= 4 is 22.4 Å². The van der Waals surface area contributed by atoms with Gasteiger partial charge in [-0.2, -0.15) is 0 Å². The first-order chi connectivity index (χ1) is 10.2. The smallest absolute Gasteiger partial charge is 0.0890 e. The highest BCUT2D eigenvalue weighted by Gasteiger charge is 2.06. The minimum atomic E-state index is 0.427. The van der Waals surface area contributed by atoms with Crippen molar-refractivity contribution in [1.82, 2.24) is 15.3 Å². The number of hydrogen-bond donors (Lipinski definition) is 1. The fourth-order valence-electron chi connectivity index (χ4n) is 2.33. The van der Waals surface area contributed by atoms with Gasteiger partial charge in [-0.05, 0) is 44.5 Å². The van der Waals surface area contributed by atoms with E-state index in [1.165, 1.54) is 9.75 Å². The molecule has 4 heteroatoms. The second-order valence-corrected chi connectivity index (χ2v) is 6.72. The summed E-state index contributed by atoms with van der Waals surface area (Å²) in [6.45, 7) is 5.11. The number of nitrogens with one attached hydrogen (secondary N) is 1. The van der Waals surface area contributed by atoms with E-state index in [0.29, 0.717) is 6.04 Å². The monoisotopic (exact) mass is 297 g/mol. The van der Waals surface area contributed by atoms with Crippen molar-refractivity contribution in [2.75, 3.05) is 0 Å². The van der Waals surface area contributed by atoms with E-state index in [9.17, 15) is 0 Å². The number of fused-ring (bicyclic) bond motifs is 1. The van der Waals surface area contributed by atoms with E-state index in [1.54, 1.807) is 0 Å². The van der Waals surface area contributed by atoms with E-state index in [4.69, 9.17) is 0 Å². The summed E-state index contributed by atoms with van der Waals surface area (Å²) >= 11 is 1.87. The second-order valence-electron chi connectivity index (χ2n) is 5.35. The number of aryl methyl sites for hydroxylation is 1. The Morgan fingerprint density at radius 2 is 1.95 bits per heavy atom. The Hall–Kier alpha value is -1.78. The normalized spacial score (nSPS) is 12.7. The Morgan fingerprint density at radius 3 is 2.71 bits per heavy atom. The molecule has 1 N–H and O–H groups in total. The maximum atomic E-state index is 4.64. The van der Waals surface area contributed by atoms with Crippen molar-refractivity contribution in [3.8, 4) is 0 Å². The lowest BCUT2D eigenvalue weighted by Crippen LogP contribution is -2.27. The molecule has 0 aliphatic carbocycles. The highest BCUT2D eigenvalue weighted by atomic mass is 32.1. The van der Waals surface area contributed by atoms with Crippen LogP contribution in [0.3, 0.4) is 0 Å². The van der Waals surface area contributed by atoms with Gasteiger partial charge in [0.15, 0.2) is 0 Å². The molecule has 3 nitrogen and oxygen atoms in total. The third-order valence-electron chi connectivity index (χ3n) is 3.43. The Balaban J connectivity index is 1.60. The van der Waals surface area contributed by atoms with E-state index in [-0.39, 0.29) is 0 Å². The summed E-state index contributed by atoms with van der Waals surface area (Å²) in [6, 6.07) is 12.8. The first-order valence-corrected chi connectivity index (χ1v) is 8.02. The molecule has 0 amide bonds. The Morgan fingerprint density at radius 1 is 1.14 bits per heavy atom. The van der Waals surface area contributed by atoms with Gasteiger partial charge in [0.05, 0.1) is 22.9 Å². The number of thiophene rings is 1. The summed E-state index contributed by atoms with van der Waals surface area (Å²) < 4.78 is 0. The Labute approximate surface area is 129 Å².